The summed E-state index contributed by atoms with van der Waals surface area (Å²) in [6, 6.07) is 0. The molecule has 0 saturated carbocycles. The molecule has 0 radical (unpaired) electrons. The first-order valence-electron chi connectivity index (χ1n) is 4.68. The van der Waals surface area contributed by atoms with Crippen molar-refractivity contribution in [2.45, 2.75) is 13.3 Å². The quantitative estimate of drug-likeness (QED) is 0.622. The topological polar surface area (TPSA) is 33.3 Å². The zero-order valence-electron chi connectivity index (χ0n) is 8.39. The molecule has 0 spiro atoms. The maximum absolute atomic E-state index is 5.44. The molecule has 0 aliphatic carbocycles. The van der Waals surface area contributed by atoms with Crippen molar-refractivity contribution in [3.05, 3.63) is 23.5 Å². The van der Waals surface area contributed by atoms with Crippen LogP contribution < -0.4 is 10.6 Å². The standard InChI is InChI=1S/C10H18N2O/c1-9-4-3-5-10(12-9)8-13-7-6-11-2/h4-5,11-12H,3,6-8H2,1-2H3. The van der Waals surface area contributed by atoms with Crippen LogP contribution in [0.1, 0.15) is 13.3 Å². The van der Waals surface area contributed by atoms with Crippen LogP contribution >= 0.6 is 0 Å². The molecule has 0 fully saturated rings. The average Bonchev–Trinajstić information content (AvgIpc) is 2.13. The first-order valence-corrected chi connectivity index (χ1v) is 4.68. The third-order valence-corrected chi connectivity index (χ3v) is 1.90. The molecule has 1 aliphatic heterocycles. The second kappa shape index (κ2) is 5.78. The number of rotatable bonds is 5. The van der Waals surface area contributed by atoms with Crippen LogP contribution in [0.2, 0.25) is 0 Å². The number of hydrogen-bond donors (Lipinski definition) is 2. The van der Waals surface area contributed by atoms with Gasteiger partial charge in [0, 0.05) is 17.9 Å². The number of nitrogens with one attached hydrogen (secondary N) is 2. The summed E-state index contributed by atoms with van der Waals surface area (Å²) in [5.41, 5.74) is 2.39. The van der Waals surface area contributed by atoms with Gasteiger partial charge in [-0.05, 0) is 20.4 Å². The Labute approximate surface area is 79.9 Å². The van der Waals surface area contributed by atoms with Crippen molar-refractivity contribution in [2.75, 3.05) is 26.8 Å². The lowest BCUT2D eigenvalue weighted by Crippen LogP contribution is -2.20. The zero-order valence-corrected chi connectivity index (χ0v) is 8.39. The van der Waals surface area contributed by atoms with Crippen molar-refractivity contribution in [3.8, 4) is 0 Å². The van der Waals surface area contributed by atoms with Gasteiger partial charge in [-0.15, -0.1) is 0 Å². The summed E-state index contributed by atoms with van der Waals surface area (Å²) >= 11 is 0. The second-order valence-electron chi connectivity index (χ2n) is 3.13. The largest absolute Gasteiger partial charge is 0.374 e. The smallest absolute Gasteiger partial charge is 0.0863 e. The summed E-state index contributed by atoms with van der Waals surface area (Å²) < 4.78 is 5.44. The van der Waals surface area contributed by atoms with Gasteiger partial charge < -0.3 is 15.4 Å². The summed E-state index contributed by atoms with van der Waals surface area (Å²) in [4.78, 5) is 0. The van der Waals surface area contributed by atoms with Crippen LogP contribution in [0.4, 0.5) is 0 Å². The lowest BCUT2D eigenvalue weighted by Gasteiger charge is -2.15. The summed E-state index contributed by atoms with van der Waals surface area (Å²) in [7, 11) is 1.92. The lowest BCUT2D eigenvalue weighted by atomic mass is 10.2. The van der Waals surface area contributed by atoms with Gasteiger partial charge >= 0.3 is 0 Å². The van der Waals surface area contributed by atoms with Crippen LogP contribution in [0.15, 0.2) is 23.5 Å². The highest BCUT2D eigenvalue weighted by molar-refractivity contribution is 5.17. The molecule has 0 bridgehead atoms. The molecule has 0 aromatic rings. The summed E-state index contributed by atoms with van der Waals surface area (Å²) in [5.74, 6) is 0. The van der Waals surface area contributed by atoms with E-state index in [2.05, 4.69) is 29.7 Å². The second-order valence-corrected chi connectivity index (χ2v) is 3.13. The van der Waals surface area contributed by atoms with E-state index in [9.17, 15) is 0 Å². The molecule has 74 valence electrons. The van der Waals surface area contributed by atoms with E-state index < -0.39 is 0 Å². The minimum Gasteiger partial charge on any atom is -0.374 e. The van der Waals surface area contributed by atoms with Crippen molar-refractivity contribution in [2.24, 2.45) is 0 Å². The molecule has 0 amide bonds. The first-order chi connectivity index (χ1) is 6.33. The Morgan fingerprint density at radius 1 is 1.54 bits per heavy atom. The first kappa shape index (κ1) is 10.3. The van der Waals surface area contributed by atoms with Crippen LogP contribution in [-0.4, -0.2) is 26.8 Å². The Kier molecular flexibility index (Phi) is 4.57. The van der Waals surface area contributed by atoms with E-state index in [1.54, 1.807) is 0 Å². The van der Waals surface area contributed by atoms with Gasteiger partial charge in [0.1, 0.15) is 0 Å². The molecule has 13 heavy (non-hydrogen) atoms. The molecule has 3 nitrogen and oxygen atoms in total. The highest BCUT2D eigenvalue weighted by Crippen LogP contribution is 2.06. The summed E-state index contributed by atoms with van der Waals surface area (Å²) in [6.07, 6.45) is 5.34. The predicted molar refractivity (Wildman–Crippen MR) is 54.3 cm³/mol. The third kappa shape index (κ3) is 4.10. The van der Waals surface area contributed by atoms with Crippen molar-refractivity contribution in [1.29, 1.82) is 0 Å². The minimum absolute atomic E-state index is 0.687. The minimum atomic E-state index is 0.687. The van der Waals surface area contributed by atoms with Gasteiger partial charge in [0.05, 0.1) is 13.2 Å². The van der Waals surface area contributed by atoms with Gasteiger partial charge in [0.2, 0.25) is 0 Å². The van der Waals surface area contributed by atoms with Gasteiger partial charge in [-0.1, -0.05) is 12.2 Å². The number of hydrogen-bond acceptors (Lipinski definition) is 3. The van der Waals surface area contributed by atoms with Crippen LogP contribution in [0.3, 0.4) is 0 Å². The van der Waals surface area contributed by atoms with E-state index in [1.165, 1.54) is 11.4 Å². The molecule has 0 unspecified atom stereocenters. The maximum Gasteiger partial charge on any atom is 0.0863 e. The monoisotopic (exact) mass is 182 g/mol. The molecule has 0 aromatic heterocycles. The fourth-order valence-corrected chi connectivity index (χ4v) is 1.18. The van der Waals surface area contributed by atoms with Crippen molar-refractivity contribution >= 4 is 0 Å². The van der Waals surface area contributed by atoms with Crippen molar-refractivity contribution < 1.29 is 4.74 Å². The fourth-order valence-electron chi connectivity index (χ4n) is 1.18. The highest BCUT2D eigenvalue weighted by atomic mass is 16.5. The number of allylic oxidation sites excluding steroid dienone is 3. The van der Waals surface area contributed by atoms with Gasteiger partial charge in [0.25, 0.3) is 0 Å². The molecule has 1 heterocycles. The van der Waals surface area contributed by atoms with E-state index in [4.69, 9.17) is 4.74 Å². The van der Waals surface area contributed by atoms with Crippen LogP contribution in [-0.2, 0) is 4.74 Å². The van der Waals surface area contributed by atoms with Gasteiger partial charge in [-0.2, -0.15) is 0 Å². The molecule has 3 heteroatoms. The predicted octanol–water partition coefficient (Wildman–Crippen LogP) is 1.00. The number of likely N-dealkylation sites (N-methyl/N-ethyl adjacent to an activating group) is 1. The molecule has 1 rings (SSSR count). The third-order valence-electron chi connectivity index (χ3n) is 1.90. The van der Waals surface area contributed by atoms with E-state index in [-0.39, 0.29) is 0 Å². The van der Waals surface area contributed by atoms with Gasteiger partial charge in [0.15, 0.2) is 0 Å². The maximum atomic E-state index is 5.44. The Bertz CT molecular complexity index is 209. The fraction of sp³-hybridized carbons (Fsp3) is 0.600. The Morgan fingerprint density at radius 2 is 2.38 bits per heavy atom. The van der Waals surface area contributed by atoms with Crippen LogP contribution in [0.5, 0.6) is 0 Å². The molecule has 0 atom stereocenters. The van der Waals surface area contributed by atoms with Crippen LogP contribution in [0.25, 0.3) is 0 Å². The molecule has 0 aromatic carbocycles. The number of dihydropyridines is 1. The van der Waals surface area contributed by atoms with Gasteiger partial charge in [-0.3, -0.25) is 0 Å². The molecule has 1 aliphatic rings. The highest BCUT2D eigenvalue weighted by Gasteiger charge is 2.01. The van der Waals surface area contributed by atoms with E-state index in [0.717, 1.165) is 19.6 Å². The van der Waals surface area contributed by atoms with E-state index in [0.29, 0.717) is 6.61 Å². The Balaban J connectivity index is 2.12. The summed E-state index contributed by atoms with van der Waals surface area (Å²) in [5, 5.41) is 6.31. The van der Waals surface area contributed by atoms with Gasteiger partial charge in [-0.25, -0.2) is 0 Å². The zero-order chi connectivity index (χ0) is 9.52. The van der Waals surface area contributed by atoms with E-state index in [1.807, 2.05) is 7.05 Å². The average molecular weight is 182 g/mol. The van der Waals surface area contributed by atoms with Crippen molar-refractivity contribution in [3.63, 3.8) is 0 Å². The Hall–Kier alpha value is -0.800. The van der Waals surface area contributed by atoms with Crippen molar-refractivity contribution in [1.82, 2.24) is 10.6 Å². The normalized spacial score (nSPS) is 16.2. The van der Waals surface area contributed by atoms with Crippen LogP contribution in [0, 0.1) is 0 Å². The number of ether oxygens (including phenoxy) is 1. The van der Waals surface area contributed by atoms with E-state index >= 15 is 0 Å². The lowest BCUT2D eigenvalue weighted by molar-refractivity contribution is 0.155. The molecule has 0 saturated heterocycles. The molecular formula is C10H18N2O. The molecule has 2 N–H and O–H groups in total. The SMILES string of the molecule is CNCCOCC1=CCC=C(C)N1. The Morgan fingerprint density at radius 3 is 3.08 bits per heavy atom. The summed E-state index contributed by atoms with van der Waals surface area (Å²) in [6.45, 7) is 4.42. The molecular weight excluding hydrogens is 164 g/mol.